The molecule has 4 aromatic carbocycles. The third-order valence-electron chi connectivity index (χ3n) is 6.95. The van der Waals surface area contributed by atoms with E-state index in [0.717, 1.165) is 11.8 Å². The lowest BCUT2D eigenvalue weighted by Gasteiger charge is -2.25. The van der Waals surface area contributed by atoms with Crippen LogP contribution in [0.15, 0.2) is 95.4 Å². The van der Waals surface area contributed by atoms with Crippen molar-refractivity contribution in [1.82, 2.24) is 5.32 Å². The number of esters is 1. The van der Waals surface area contributed by atoms with Crippen molar-refractivity contribution >= 4 is 32.6 Å². The fourth-order valence-corrected chi connectivity index (χ4v) is 5.74. The summed E-state index contributed by atoms with van der Waals surface area (Å²) >= 11 is 0. The monoisotopic (exact) mass is 588 g/mol. The van der Waals surface area contributed by atoms with E-state index in [1.54, 1.807) is 55.6 Å². The summed E-state index contributed by atoms with van der Waals surface area (Å²) in [5, 5.41) is 14.4. The molecular weight excluding hydrogens is 559 g/mol. The molecular formula is C32H29FN2O6S. The van der Waals surface area contributed by atoms with Crippen LogP contribution in [0.25, 0.3) is 33.4 Å². The summed E-state index contributed by atoms with van der Waals surface area (Å²) in [5.41, 5.74) is 4.01. The van der Waals surface area contributed by atoms with Crippen molar-refractivity contribution in [2.75, 3.05) is 24.7 Å². The second-order valence-corrected chi connectivity index (χ2v) is 11.6. The normalized spacial score (nSPS) is 12.3. The van der Waals surface area contributed by atoms with Crippen LogP contribution in [0.4, 0.5) is 10.1 Å². The van der Waals surface area contributed by atoms with Crippen molar-refractivity contribution in [3.05, 3.63) is 114 Å². The number of benzene rings is 4. The average molecular weight is 589 g/mol. The number of hydrogen-bond acceptors (Lipinski definition) is 7. The molecule has 0 bridgehead atoms. The Labute approximate surface area is 243 Å². The molecule has 0 radical (unpaired) electrons. The van der Waals surface area contributed by atoms with Crippen LogP contribution < -0.4 is 9.62 Å². The number of aliphatic hydroxyl groups is 1. The Kier molecular flexibility index (Phi) is 8.13. The first kappa shape index (κ1) is 29.0. The number of halogens is 1. The standard InChI is InChI=1S/C32H29FN2O6S/c1-34-31(36)29-26-17-25(21-7-5-4-6-8-21)27(18-28(26)41-30(29)22-13-15-24(33)16-14-22)35(42(3,38)39)19-20-9-11-23(12-10-20)32(37)40-2/h4-18,31,34,36H,19H2,1-3H3. The molecule has 216 valence electrons. The molecule has 0 saturated carbocycles. The zero-order valence-electron chi connectivity index (χ0n) is 23.2. The number of nitrogens with zero attached hydrogens (tertiary/aromatic N) is 1. The van der Waals surface area contributed by atoms with E-state index in [-0.39, 0.29) is 6.54 Å². The molecule has 0 aliphatic carbocycles. The molecule has 0 saturated heterocycles. The Bertz CT molecular complexity index is 1840. The quantitative estimate of drug-likeness (QED) is 0.164. The minimum Gasteiger partial charge on any atom is -0.465 e. The summed E-state index contributed by atoms with van der Waals surface area (Å²) < 4.78 is 52.6. The molecule has 0 aliphatic heterocycles. The molecule has 8 nitrogen and oxygen atoms in total. The van der Waals surface area contributed by atoms with E-state index in [0.29, 0.717) is 50.2 Å². The van der Waals surface area contributed by atoms with E-state index in [1.807, 2.05) is 30.3 Å². The first-order valence-corrected chi connectivity index (χ1v) is 14.9. The van der Waals surface area contributed by atoms with Gasteiger partial charge in [0.1, 0.15) is 23.4 Å². The van der Waals surface area contributed by atoms with Gasteiger partial charge in [-0.15, -0.1) is 0 Å². The number of ether oxygens (including phenoxy) is 1. The Hall–Kier alpha value is -4.51. The molecule has 0 spiro atoms. The zero-order valence-corrected chi connectivity index (χ0v) is 24.0. The average Bonchev–Trinajstić information content (AvgIpc) is 3.37. The van der Waals surface area contributed by atoms with Crippen LogP contribution in [0.2, 0.25) is 0 Å². The Balaban J connectivity index is 1.74. The number of fused-ring (bicyclic) bond motifs is 1. The van der Waals surface area contributed by atoms with E-state index in [1.165, 1.54) is 23.5 Å². The van der Waals surface area contributed by atoms with Crippen LogP contribution in [-0.4, -0.2) is 39.9 Å². The summed E-state index contributed by atoms with van der Waals surface area (Å²) in [6.45, 7) is -0.0247. The summed E-state index contributed by atoms with van der Waals surface area (Å²) in [5.74, 6) is -0.581. The van der Waals surface area contributed by atoms with Crippen LogP contribution in [-0.2, 0) is 21.3 Å². The number of carbonyl (C=O) groups excluding carboxylic acids is 1. The lowest BCUT2D eigenvalue weighted by atomic mass is 9.98. The number of methoxy groups -OCH3 is 1. The highest BCUT2D eigenvalue weighted by Crippen LogP contribution is 2.43. The van der Waals surface area contributed by atoms with Gasteiger partial charge >= 0.3 is 5.97 Å². The van der Waals surface area contributed by atoms with E-state index in [4.69, 9.17) is 9.15 Å². The molecule has 42 heavy (non-hydrogen) atoms. The predicted molar refractivity (Wildman–Crippen MR) is 160 cm³/mol. The van der Waals surface area contributed by atoms with Crippen molar-refractivity contribution in [3.8, 4) is 22.5 Å². The highest BCUT2D eigenvalue weighted by atomic mass is 32.2. The Morgan fingerprint density at radius 3 is 2.26 bits per heavy atom. The lowest BCUT2D eigenvalue weighted by Crippen LogP contribution is -2.29. The molecule has 2 N–H and O–H groups in total. The molecule has 0 amide bonds. The van der Waals surface area contributed by atoms with E-state index in [9.17, 15) is 22.7 Å². The summed E-state index contributed by atoms with van der Waals surface area (Å²) in [4.78, 5) is 11.9. The predicted octanol–water partition coefficient (Wildman–Crippen LogP) is 5.87. The van der Waals surface area contributed by atoms with Crippen molar-refractivity contribution in [1.29, 1.82) is 0 Å². The van der Waals surface area contributed by atoms with Crippen LogP contribution in [0, 0.1) is 5.82 Å². The maximum Gasteiger partial charge on any atom is 0.337 e. The number of nitrogens with one attached hydrogen (secondary N) is 1. The van der Waals surface area contributed by atoms with E-state index >= 15 is 0 Å². The minimum atomic E-state index is -3.83. The summed E-state index contributed by atoms with van der Waals surface area (Å²) in [6.07, 6.45) is -0.00282. The van der Waals surface area contributed by atoms with Gasteiger partial charge in [0.25, 0.3) is 0 Å². The number of hydrogen-bond donors (Lipinski definition) is 2. The topological polar surface area (TPSA) is 109 Å². The van der Waals surface area contributed by atoms with Gasteiger partial charge in [0.05, 0.1) is 31.2 Å². The molecule has 0 fully saturated rings. The maximum absolute atomic E-state index is 13.7. The highest BCUT2D eigenvalue weighted by Gasteiger charge is 2.27. The van der Waals surface area contributed by atoms with Gasteiger partial charge in [0, 0.05) is 28.1 Å². The first-order chi connectivity index (χ1) is 20.1. The van der Waals surface area contributed by atoms with Crippen LogP contribution in [0.1, 0.15) is 27.7 Å². The van der Waals surface area contributed by atoms with Crippen LogP contribution in [0.5, 0.6) is 0 Å². The van der Waals surface area contributed by atoms with E-state index < -0.39 is 28.0 Å². The van der Waals surface area contributed by atoms with Gasteiger partial charge in [-0.2, -0.15) is 0 Å². The molecule has 1 unspecified atom stereocenters. The maximum atomic E-state index is 13.7. The third kappa shape index (κ3) is 5.78. The highest BCUT2D eigenvalue weighted by molar-refractivity contribution is 7.92. The van der Waals surface area contributed by atoms with Crippen molar-refractivity contribution < 1.29 is 31.9 Å². The van der Waals surface area contributed by atoms with Crippen molar-refractivity contribution in [2.45, 2.75) is 12.8 Å². The van der Waals surface area contributed by atoms with Gasteiger partial charge in [-0.05, 0) is 60.6 Å². The number of carbonyl (C=O) groups is 1. The van der Waals surface area contributed by atoms with Crippen molar-refractivity contribution in [2.24, 2.45) is 0 Å². The van der Waals surface area contributed by atoms with Gasteiger partial charge in [-0.1, -0.05) is 42.5 Å². The third-order valence-corrected chi connectivity index (χ3v) is 8.08. The van der Waals surface area contributed by atoms with Gasteiger partial charge in [0.15, 0.2) is 0 Å². The second-order valence-electron chi connectivity index (χ2n) is 9.73. The summed E-state index contributed by atoms with van der Waals surface area (Å²) in [7, 11) is -0.941. The second kappa shape index (κ2) is 11.8. The largest absolute Gasteiger partial charge is 0.465 e. The molecule has 1 atom stereocenters. The first-order valence-electron chi connectivity index (χ1n) is 13.0. The Morgan fingerprint density at radius 2 is 1.67 bits per heavy atom. The smallest absolute Gasteiger partial charge is 0.337 e. The molecule has 5 aromatic rings. The molecule has 1 aromatic heterocycles. The SMILES string of the molecule is CNC(O)c1c(-c2ccc(F)cc2)oc2cc(N(Cc3ccc(C(=O)OC)cc3)S(C)(=O)=O)c(-c3ccccc3)cc12. The van der Waals surface area contributed by atoms with Gasteiger partial charge in [0.2, 0.25) is 10.0 Å². The number of aliphatic hydroxyl groups excluding tert-OH is 1. The number of sulfonamides is 1. The van der Waals surface area contributed by atoms with Crippen molar-refractivity contribution in [3.63, 3.8) is 0 Å². The fraction of sp³-hybridized carbons (Fsp3) is 0.156. The minimum absolute atomic E-state index is 0.0247. The van der Waals surface area contributed by atoms with Gasteiger partial charge < -0.3 is 14.3 Å². The van der Waals surface area contributed by atoms with Gasteiger partial charge in [-0.25, -0.2) is 17.6 Å². The molecule has 5 rings (SSSR count). The van der Waals surface area contributed by atoms with Crippen LogP contribution in [0.3, 0.4) is 0 Å². The molecule has 10 heteroatoms. The fourth-order valence-electron chi connectivity index (χ4n) is 4.85. The number of rotatable bonds is 9. The van der Waals surface area contributed by atoms with E-state index in [2.05, 4.69) is 5.32 Å². The zero-order chi connectivity index (χ0) is 30.0. The Morgan fingerprint density at radius 1 is 1.00 bits per heavy atom. The molecule has 0 aliphatic rings. The number of anilines is 1. The van der Waals surface area contributed by atoms with Gasteiger partial charge in [-0.3, -0.25) is 9.62 Å². The summed E-state index contributed by atoms with van der Waals surface area (Å²) in [6, 6.07) is 24.9. The lowest BCUT2D eigenvalue weighted by molar-refractivity contribution is 0.0600. The van der Waals surface area contributed by atoms with Crippen LogP contribution >= 0.6 is 0 Å². The number of furan rings is 1. The molecule has 1 heterocycles.